The van der Waals surface area contributed by atoms with Gasteiger partial charge in [-0.1, -0.05) is 29.3 Å². The standard InChI is InChI=1S/C32H35FO6S/c1-18(17-40(4,36)37)16-38-23-13-19(2)30(20(3)14-23)24-9-11-28(33)31-25(24)10-12-29(31)39-22-7-5-21(6-8-22)26-15-27(26)32(34)35/h5-9,11,13-14,18,26-27,29H,10,12,15-17H2,1-4H3,(H-,34,35,36,37)/p+1/t18-,26+,27-,29+/m0/s1. The number of halogens is 1. The molecule has 2 aliphatic carbocycles. The lowest BCUT2D eigenvalue weighted by Gasteiger charge is -2.19. The van der Waals surface area contributed by atoms with Crippen LogP contribution in [-0.2, 0) is 25.6 Å². The number of hydrogen-bond acceptors (Lipinski definition) is 4. The zero-order valence-electron chi connectivity index (χ0n) is 23.3. The van der Waals surface area contributed by atoms with Gasteiger partial charge in [-0.3, -0.25) is 4.79 Å². The molecule has 2 N–H and O–H groups in total. The van der Waals surface area contributed by atoms with E-state index in [0.29, 0.717) is 42.9 Å². The fourth-order valence-corrected chi connectivity index (χ4v) is 7.22. The van der Waals surface area contributed by atoms with Crippen LogP contribution in [0.25, 0.3) is 11.1 Å². The number of hydrogen-bond donors (Lipinski definition) is 2. The van der Waals surface area contributed by atoms with Crippen LogP contribution in [0.5, 0.6) is 11.5 Å². The lowest BCUT2D eigenvalue weighted by molar-refractivity contribution is -0.138. The van der Waals surface area contributed by atoms with Gasteiger partial charge in [0.15, 0.2) is 0 Å². The van der Waals surface area contributed by atoms with Gasteiger partial charge in [-0.05, 0) is 103 Å². The average Bonchev–Trinajstić information content (AvgIpc) is 3.57. The molecule has 1 unspecified atom stereocenters. The zero-order valence-corrected chi connectivity index (χ0v) is 24.1. The maximum Gasteiger partial charge on any atom is 0.307 e. The minimum atomic E-state index is -2.82. The van der Waals surface area contributed by atoms with Crippen LogP contribution in [0, 0.1) is 31.5 Å². The van der Waals surface area contributed by atoms with Crippen molar-refractivity contribution in [2.75, 3.05) is 18.6 Å². The lowest BCUT2D eigenvalue weighted by Crippen LogP contribution is -2.22. The quantitative estimate of drug-likeness (QED) is 0.257. The van der Waals surface area contributed by atoms with Gasteiger partial charge in [-0.2, -0.15) is 4.55 Å². The van der Waals surface area contributed by atoms with E-state index in [1.807, 2.05) is 63.2 Å². The summed E-state index contributed by atoms with van der Waals surface area (Å²) in [6, 6.07) is 14.8. The van der Waals surface area contributed by atoms with E-state index in [1.54, 1.807) is 0 Å². The van der Waals surface area contributed by atoms with Crippen molar-refractivity contribution in [3.05, 3.63) is 82.2 Å². The van der Waals surface area contributed by atoms with E-state index in [4.69, 9.17) is 9.47 Å². The highest BCUT2D eigenvalue weighted by atomic mass is 32.3. The van der Waals surface area contributed by atoms with Crippen molar-refractivity contribution in [3.63, 3.8) is 0 Å². The monoisotopic (exact) mass is 567 g/mol. The number of carboxylic acids is 1. The molecule has 0 amide bonds. The van der Waals surface area contributed by atoms with Crippen LogP contribution in [0.1, 0.15) is 59.6 Å². The van der Waals surface area contributed by atoms with E-state index in [1.165, 1.54) is 12.3 Å². The summed E-state index contributed by atoms with van der Waals surface area (Å²) >= 11 is 0. The van der Waals surface area contributed by atoms with E-state index < -0.39 is 22.3 Å². The van der Waals surface area contributed by atoms with Crippen molar-refractivity contribution >= 4 is 16.2 Å². The van der Waals surface area contributed by atoms with E-state index in [9.17, 15) is 18.7 Å². The van der Waals surface area contributed by atoms with Crippen LogP contribution in [-0.4, -0.2) is 34.2 Å². The van der Waals surface area contributed by atoms with E-state index in [2.05, 4.69) is 0 Å². The summed E-state index contributed by atoms with van der Waals surface area (Å²) in [5, 5.41) is 9.20. The number of carbonyl (C=O) groups is 1. The SMILES string of the molecule is Cc1cc(OC[C@H](C)C[S+](C)(=O)O)cc(C)c1-c1ccc(F)c2c1CC[C@H]2Oc1ccc([C@H]2C[C@@H]2C(=O)O)cc1. The first kappa shape index (κ1) is 28.3. The summed E-state index contributed by atoms with van der Waals surface area (Å²) in [5.41, 5.74) is 6.60. The van der Waals surface area contributed by atoms with Crippen LogP contribution >= 0.6 is 0 Å². The number of carboxylic acid groups (broad SMARTS) is 1. The normalized spacial score (nSPS) is 21.8. The molecule has 1 saturated carbocycles. The molecule has 3 aromatic rings. The summed E-state index contributed by atoms with van der Waals surface area (Å²) in [6.45, 7) is 6.26. The largest absolute Gasteiger partial charge is 0.493 e. The molecule has 0 aliphatic heterocycles. The van der Waals surface area contributed by atoms with Gasteiger partial charge in [0.2, 0.25) is 10.2 Å². The Bertz CT molecular complexity index is 1450. The predicted octanol–water partition coefficient (Wildman–Crippen LogP) is 6.98. The van der Waals surface area contributed by atoms with Crippen LogP contribution in [0.15, 0.2) is 48.5 Å². The third kappa shape index (κ3) is 6.08. The van der Waals surface area contributed by atoms with Gasteiger partial charge in [-0.15, -0.1) is 0 Å². The van der Waals surface area contributed by atoms with Gasteiger partial charge < -0.3 is 14.6 Å². The Kier molecular flexibility index (Phi) is 7.77. The average molecular weight is 568 g/mol. The van der Waals surface area contributed by atoms with Crippen molar-refractivity contribution in [3.8, 4) is 22.6 Å². The van der Waals surface area contributed by atoms with Crippen molar-refractivity contribution in [1.82, 2.24) is 0 Å². The van der Waals surface area contributed by atoms with Crippen LogP contribution in [0.2, 0.25) is 0 Å². The van der Waals surface area contributed by atoms with E-state index >= 15 is 4.39 Å². The minimum absolute atomic E-state index is 0.0561. The van der Waals surface area contributed by atoms with Gasteiger partial charge >= 0.3 is 5.97 Å². The first-order valence-electron chi connectivity index (χ1n) is 13.7. The molecule has 0 saturated heterocycles. The van der Waals surface area contributed by atoms with Gasteiger partial charge in [-0.25, -0.2) is 4.39 Å². The molecule has 0 radical (unpaired) electrons. The van der Waals surface area contributed by atoms with Gasteiger partial charge in [0, 0.05) is 11.5 Å². The van der Waals surface area contributed by atoms with Crippen LogP contribution < -0.4 is 9.47 Å². The van der Waals surface area contributed by atoms with E-state index in [0.717, 1.165) is 33.4 Å². The summed E-state index contributed by atoms with van der Waals surface area (Å²) < 4.78 is 48.7. The smallest absolute Gasteiger partial charge is 0.307 e. The fraction of sp³-hybridized carbons (Fsp3) is 0.406. The molecule has 0 heterocycles. The second-order valence-corrected chi connectivity index (χ2v) is 13.7. The number of ether oxygens (including phenoxy) is 2. The second-order valence-electron chi connectivity index (χ2n) is 11.5. The molecule has 0 bridgehead atoms. The van der Waals surface area contributed by atoms with E-state index in [-0.39, 0.29) is 29.3 Å². The fourth-order valence-electron chi connectivity index (χ4n) is 6.07. The molecule has 5 rings (SSSR count). The molecule has 5 atom stereocenters. The maximum atomic E-state index is 15.2. The van der Waals surface area contributed by atoms with Crippen molar-refractivity contribution < 1.29 is 32.5 Å². The van der Waals surface area contributed by atoms with Crippen molar-refractivity contribution in [2.24, 2.45) is 11.8 Å². The highest BCUT2D eigenvalue weighted by molar-refractivity contribution is 7.97. The lowest BCUT2D eigenvalue weighted by atomic mass is 9.90. The second kappa shape index (κ2) is 11.0. The number of aliphatic carboxylic acids is 1. The van der Waals surface area contributed by atoms with Gasteiger partial charge in [0.05, 0.1) is 12.5 Å². The van der Waals surface area contributed by atoms with Crippen LogP contribution in [0.3, 0.4) is 0 Å². The van der Waals surface area contributed by atoms with Crippen molar-refractivity contribution in [2.45, 2.75) is 52.1 Å². The zero-order chi connectivity index (χ0) is 28.8. The highest BCUT2D eigenvalue weighted by Gasteiger charge is 2.44. The minimum Gasteiger partial charge on any atom is -0.493 e. The molecule has 8 heteroatoms. The summed E-state index contributed by atoms with van der Waals surface area (Å²) in [5.74, 6) is 0.183. The Hall–Kier alpha value is -3.23. The van der Waals surface area contributed by atoms with Crippen LogP contribution in [0.4, 0.5) is 4.39 Å². The number of rotatable bonds is 10. The number of aryl methyl sites for hydroxylation is 2. The topological polar surface area (TPSA) is 93.1 Å². The highest BCUT2D eigenvalue weighted by Crippen LogP contribution is 2.48. The first-order chi connectivity index (χ1) is 18.9. The number of benzene rings is 3. The molecule has 1 fully saturated rings. The Morgan fingerprint density at radius 1 is 1.10 bits per heavy atom. The summed E-state index contributed by atoms with van der Waals surface area (Å²) in [6.07, 6.45) is 2.96. The Morgan fingerprint density at radius 2 is 1.77 bits per heavy atom. The summed E-state index contributed by atoms with van der Waals surface area (Å²) in [7, 11) is -2.82. The number of fused-ring (bicyclic) bond motifs is 1. The van der Waals surface area contributed by atoms with Crippen molar-refractivity contribution in [1.29, 1.82) is 0 Å². The molecular formula is C32H36FO6S+. The first-order valence-corrected chi connectivity index (χ1v) is 15.7. The predicted molar refractivity (Wildman–Crippen MR) is 154 cm³/mol. The molecule has 0 aromatic heterocycles. The molecule has 6 nitrogen and oxygen atoms in total. The molecule has 40 heavy (non-hydrogen) atoms. The Balaban J connectivity index is 1.34. The molecule has 2 aliphatic rings. The third-order valence-corrected chi connectivity index (χ3v) is 9.07. The molecule has 0 spiro atoms. The van der Waals surface area contributed by atoms with Gasteiger partial charge in [0.25, 0.3) is 0 Å². The third-order valence-electron chi connectivity index (χ3n) is 7.88. The van der Waals surface area contributed by atoms with Gasteiger partial charge in [0.1, 0.15) is 35.4 Å². The molecule has 3 aromatic carbocycles. The molecule has 212 valence electrons. The Labute approximate surface area is 235 Å². The maximum absolute atomic E-state index is 15.2. The summed E-state index contributed by atoms with van der Waals surface area (Å²) in [4.78, 5) is 11.2. The Morgan fingerprint density at radius 3 is 2.38 bits per heavy atom. The molecular weight excluding hydrogens is 531 g/mol.